The van der Waals surface area contributed by atoms with Crippen LogP contribution in [0.25, 0.3) is 0 Å². The fourth-order valence-corrected chi connectivity index (χ4v) is 5.02. The lowest BCUT2D eigenvalue weighted by molar-refractivity contribution is -0.138. The number of carbonyl (C=O) groups excluding carboxylic acids is 4. The van der Waals surface area contributed by atoms with Crippen LogP contribution in [-0.2, 0) is 24.2 Å². The van der Waals surface area contributed by atoms with Crippen LogP contribution in [0.5, 0.6) is 0 Å². The molecule has 1 atom stereocenters. The van der Waals surface area contributed by atoms with E-state index in [1.54, 1.807) is 0 Å². The van der Waals surface area contributed by atoms with Gasteiger partial charge in [0.25, 0.3) is 11.8 Å². The summed E-state index contributed by atoms with van der Waals surface area (Å²) < 4.78 is 25.5. The van der Waals surface area contributed by atoms with E-state index in [0.717, 1.165) is 0 Å². The highest BCUT2D eigenvalue weighted by Gasteiger charge is 2.46. The first-order chi connectivity index (χ1) is 13.6. The van der Waals surface area contributed by atoms with Crippen LogP contribution in [0.3, 0.4) is 0 Å². The van der Waals surface area contributed by atoms with Crippen LogP contribution in [-0.4, -0.2) is 59.8 Å². The van der Waals surface area contributed by atoms with Gasteiger partial charge in [0.1, 0.15) is 6.04 Å². The van der Waals surface area contributed by atoms with Gasteiger partial charge in [-0.2, -0.15) is 0 Å². The van der Waals surface area contributed by atoms with E-state index >= 15 is 0 Å². The molecule has 2 heterocycles. The van der Waals surface area contributed by atoms with Crippen molar-refractivity contribution in [1.82, 2.24) is 10.2 Å². The summed E-state index contributed by atoms with van der Waals surface area (Å²) in [5.74, 6) is -4.40. The van der Waals surface area contributed by atoms with Crippen LogP contribution in [0, 0.1) is 0 Å². The third-order valence-corrected chi connectivity index (χ3v) is 6.66. The first-order valence-corrected chi connectivity index (χ1v) is 10.6. The number of amides is 4. The highest BCUT2D eigenvalue weighted by molar-refractivity contribution is 7.91. The lowest BCUT2D eigenvalue weighted by Gasteiger charge is -2.27. The maximum absolute atomic E-state index is 12.9. The topological polar surface area (TPSA) is 155 Å². The molecule has 2 aliphatic heterocycles. The largest absolute Gasteiger partial charge is 0.481 e. The summed E-state index contributed by atoms with van der Waals surface area (Å²) in [5, 5.41) is 10.7. The molecule has 10 nitrogen and oxygen atoms in total. The molecule has 0 aromatic heterocycles. The van der Waals surface area contributed by atoms with Crippen molar-refractivity contribution in [3.8, 4) is 0 Å². The summed E-state index contributed by atoms with van der Waals surface area (Å²) in [4.78, 5) is 60.0. The predicted octanol–water partition coefficient (Wildman–Crippen LogP) is 0.116. The molecule has 0 aliphatic carbocycles. The van der Waals surface area contributed by atoms with E-state index in [0.29, 0.717) is 4.90 Å². The van der Waals surface area contributed by atoms with Crippen molar-refractivity contribution >= 4 is 39.4 Å². The van der Waals surface area contributed by atoms with Crippen molar-refractivity contribution in [3.63, 3.8) is 0 Å². The number of piperidine rings is 1. The molecule has 1 unspecified atom stereocenters. The number of carbonyl (C=O) groups is 5. The van der Waals surface area contributed by atoms with Gasteiger partial charge in [-0.15, -0.1) is 0 Å². The minimum atomic E-state index is -3.96. The summed E-state index contributed by atoms with van der Waals surface area (Å²) in [6, 6.07) is 2.67. The van der Waals surface area contributed by atoms with Gasteiger partial charge in [-0.1, -0.05) is 6.07 Å². The third kappa shape index (κ3) is 3.90. The number of unbranched alkanes of at least 4 members (excludes halogenated alkanes) is 1. The van der Waals surface area contributed by atoms with Crippen molar-refractivity contribution in [2.24, 2.45) is 0 Å². The second-order valence-corrected chi connectivity index (χ2v) is 8.87. The normalized spacial score (nSPS) is 19.3. The molecule has 0 spiro atoms. The second kappa shape index (κ2) is 7.74. The Labute approximate surface area is 165 Å². The summed E-state index contributed by atoms with van der Waals surface area (Å²) in [7, 11) is -3.96. The number of imide groups is 2. The molecule has 0 radical (unpaired) electrons. The van der Waals surface area contributed by atoms with Gasteiger partial charge in [0.15, 0.2) is 9.84 Å². The van der Waals surface area contributed by atoms with Crippen LogP contribution >= 0.6 is 0 Å². The van der Waals surface area contributed by atoms with Crippen LogP contribution in [0.4, 0.5) is 0 Å². The molecule has 0 saturated carbocycles. The summed E-state index contributed by atoms with van der Waals surface area (Å²) in [6.45, 7) is 0. The van der Waals surface area contributed by atoms with Gasteiger partial charge in [-0.05, 0) is 31.4 Å². The van der Waals surface area contributed by atoms with Crippen LogP contribution in [0.2, 0.25) is 0 Å². The highest BCUT2D eigenvalue weighted by Crippen LogP contribution is 2.32. The molecule has 1 aromatic rings. The number of hydrogen-bond acceptors (Lipinski definition) is 7. The van der Waals surface area contributed by atoms with Crippen molar-refractivity contribution in [3.05, 3.63) is 29.3 Å². The minimum Gasteiger partial charge on any atom is -0.481 e. The van der Waals surface area contributed by atoms with E-state index in [1.807, 2.05) is 0 Å². The Morgan fingerprint density at radius 3 is 2.52 bits per heavy atom. The Kier molecular flexibility index (Phi) is 5.51. The zero-order valence-corrected chi connectivity index (χ0v) is 16.0. The Bertz CT molecular complexity index is 1030. The number of aliphatic carboxylic acids is 1. The molecule has 3 rings (SSSR count). The quantitative estimate of drug-likeness (QED) is 0.464. The molecule has 154 valence electrons. The Morgan fingerprint density at radius 1 is 1.14 bits per heavy atom. The van der Waals surface area contributed by atoms with Gasteiger partial charge in [0.2, 0.25) is 11.8 Å². The molecule has 11 heteroatoms. The molecule has 1 fully saturated rings. The maximum atomic E-state index is 12.9. The van der Waals surface area contributed by atoms with Crippen molar-refractivity contribution < 1.29 is 37.5 Å². The first kappa shape index (κ1) is 20.6. The van der Waals surface area contributed by atoms with Gasteiger partial charge in [-0.3, -0.25) is 34.2 Å². The third-order valence-electron chi connectivity index (χ3n) is 4.82. The van der Waals surface area contributed by atoms with Gasteiger partial charge in [0.05, 0.1) is 21.8 Å². The Hall–Kier alpha value is -3.08. The Balaban J connectivity index is 1.89. The maximum Gasteiger partial charge on any atom is 0.303 e. The van der Waals surface area contributed by atoms with Crippen molar-refractivity contribution in [1.29, 1.82) is 0 Å². The predicted molar refractivity (Wildman–Crippen MR) is 96.7 cm³/mol. The molecule has 2 aliphatic rings. The molecule has 4 amide bonds. The molecule has 29 heavy (non-hydrogen) atoms. The molecular weight excluding hydrogens is 404 g/mol. The van der Waals surface area contributed by atoms with E-state index in [-0.39, 0.29) is 53.9 Å². The molecule has 2 N–H and O–H groups in total. The summed E-state index contributed by atoms with van der Waals surface area (Å²) >= 11 is 0. The number of benzene rings is 1. The number of carboxylic acid groups (broad SMARTS) is 1. The molecule has 1 aromatic carbocycles. The lowest BCUT2D eigenvalue weighted by Crippen LogP contribution is -2.54. The van der Waals surface area contributed by atoms with E-state index in [1.165, 1.54) is 18.2 Å². The number of nitrogens with one attached hydrogen (secondary N) is 1. The Morgan fingerprint density at radius 2 is 1.86 bits per heavy atom. The summed E-state index contributed by atoms with van der Waals surface area (Å²) in [5.41, 5.74) is -0.410. The number of hydrogen-bond donors (Lipinski definition) is 2. The van der Waals surface area contributed by atoms with E-state index in [2.05, 4.69) is 5.32 Å². The van der Waals surface area contributed by atoms with Gasteiger partial charge >= 0.3 is 5.97 Å². The molecule has 0 bridgehead atoms. The van der Waals surface area contributed by atoms with Gasteiger partial charge in [0, 0.05) is 12.8 Å². The zero-order valence-electron chi connectivity index (χ0n) is 15.2. The monoisotopic (exact) mass is 422 g/mol. The van der Waals surface area contributed by atoms with E-state index < -0.39 is 45.5 Å². The number of sulfone groups is 1. The van der Waals surface area contributed by atoms with E-state index in [4.69, 9.17) is 5.11 Å². The van der Waals surface area contributed by atoms with Crippen LogP contribution in [0.1, 0.15) is 52.8 Å². The average molecular weight is 422 g/mol. The zero-order chi connectivity index (χ0) is 21.3. The fraction of sp³-hybridized carbons (Fsp3) is 0.389. The second-order valence-electron chi connectivity index (χ2n) is 6.80. The standard InChI is InChI=1S/C18H18N2O8S/c21-13-8-7-11(16(24)19-13)20-17(25)10-4-3-5-12(15(10)18(20)26)29(27,28)9-2-1-6-14(22)23/h3-5,11H,1-2,6-9H2,(H,22,23)(H,19,21,24). The highest BCUT2D eigenvalue weighted by atomic mass is 32.2. The van der Waals surface area contributed by atoms with Crippen molar-refractivity contribution in [2.45, 2.75) is 43.0 Å². The van der Waals surface area contributed by atoms with Crippen LogP contribution < -0.4 is 5.32 Å². The molecule has 1 saturated heterocycles. The van der Waals surface area contributed by atoms with Crippen molar-refractivity contribution in [2.75, 3.05) is 5.75 Å². The SMILES string of the molecule is O=C(O)CCCCS(=O)(=O)c1cccc2c1C(=O)N(C1CCC(=O)NC1=O)C2=O. The lowest BCUT2D eigenvalue weighted by atomic mass is 10.0. The minimum absolute atomic E-state index is 0.0343. The smallest absolute Gasteiger partial charge is 0.303 e. The number of carboxylic acids is 1. The fourth-order valence-electron chi connectivity index (χ4n) is 3.42. The van der Waals surface area contributed by atoms with E-state index in [9.17, 15) is 32.4 Å². The van der Waals surface area contributed by atoms with Gasteiger partial charge in [-0.25, -0.2) is 8.42 Å². The van der Waals surface area contributed by atoms with Gasteiger partial charge < -0.3 is 5.11 Å². The molecular formula is C18H18N2O8S. The van der Waals surface area contributed by atoms with Crippen LogP contribution in [0.15, 0.2) is 23.1 Å². The summed E-state index contributed by atoms with van der Waals surface area (Å²) in [6.07, 6.45) is -0.0226. The average Bonchev–Trinajstić information content (AvgIpc) is 2.90. The number of rotatable bonds is 7. The number of fused-ring (bicyclic) bond motifs is 1. The number of nitrogens with zero attached hydrogens (tertiary/aromatic N) is 1. The first-order valence-electron chi connectivity index (χ1n) is 8.92.